The fourth-order valence-corrected chi connectivity index (χ4v) is 1.14. The van der Waals surface area contributed by atoms with Crippen LogP contribution in [0.1, 0.15) is 6.92 Å². The molecule has 0 bridgehead atoms. The number of hydrogen-bond donors (Lipinski definition) is 1. The van der Waals surface area contributed by atoms with Gasteiger partial charge >= 0.3 is 11.7 Å². The van der Waals surface area contributed by atoms with E-state index in [0.29, 0.717) is 0 Å². The highest BCUT2D eigenvalue weighted by atomic mass is 16.7. The van der Waals surface area contributed by atoms with Crippen LogP contribution in [0.25, 0.3) is 0 Å². The number of aliphatic imine (C=N–C) groups is 1. The van der Waals surface area contributed by atoms with Crippen molar-refractivity contribution in [2.24, 2.45) is 4.99 Å². The quantitative estimate of drug-likeness (QED) is 0.296. The van der Waals surface area contributed by atoms with Crippen molar-refractivity contribution in [2.75, 3.05) is 6.61 Å². The van der Waals surface area contributed by atoms with Gasteiger partial charge in [-0.2, -0.15) is 0 Å². The summed E-state index contributed by atoms with van der Waals surface area (Å²) in [6.07, 6.45) is 3.32. The minimum Gasteiger partial charge on any atom is -0.464 e. The fourth-order valence-electron chi connectivity index (χ4n) is 1.14. The second-order valence-corrected chi connectivity index (χ2v) is 2.85. The fraction of sp³-hybridized carbons (Fsp3) is 0.500. The number of rotatable bonds is 3. The van der Waals surface area contributed by atoms with Crippen LogP contribution in [-0.4, -0.2) is 40.6 Å². The van der Waals surface area contributed by atoms with Crippen molar-refractivity contribution in [3.05, 3.63) is 22.3 Å². The average molecular weight is 214 g/mol. The molecule has 1 heterocycles. The first-order valence-corrected chi connectivity index (χ1v) is 4.27. The molecule has 82 valence electrons. The molecule has 7 nitrogen and oxygen atoms in total. The Hall–Kier alpha value is -1.76. The van der Waals surface area contributed by atoms with E-state index in [-0.39, 0.29) is 6.61 Å². The molecule has 0 aliphatic carbocycles. The lowest BCUT2D eigenvalue weighted by atomic mass is 10.0. The maximum atomic E-state index is 11.3. The first-order chi connectivity index (χ1) is 7.02. The van der Waals surface area contributed by atoms with Crippen LogP contribution in [0.3, 0.4) is 0 Å². The molecular weight excluding hydrogens is 204 g/mol. The molecule has 0 amide bonds. The zero-order valence-electron chi connectivity index (χ0n) is 7.99. The van der Waals surface area contributed by atoms with E-state index in [2.05, 4.69) is 9.73 Å². The van der Waals surface area contributed by atoms with Crippen molar-refractivity contribution in [1.29, 1.82) is 0 Å². The van der Waals surface area contributed by atoms with E-state index in [1.165, 1.54) is 12.3 Å². The summed E-state index contributed by atoms with van der Waals surface area (Å²) in [5.41, 5.74) is -2.51. The van der Waals surface area contributed by atoms with Crippen LogP contribution in [0.2, 0.25) is 0 Å². The summed E-state index contributed by atoms with van der Waals surface area (Å²) in [6.45, 7) is 1.63. The maximum Gasteiger partial charge on any atom is 0.375 e. The van der Waals surface area contributed by atoms with Crippen molar-refractivity contribution in [3.8, 4) is 0 Å². The molecule has 0 aromatic rings. The normalized spacial score (nSPS) is 28.8. The monoisotopic (exact) mass is 214 g/mol. The van der Waals surface area contributed by atoms with Crippen molar-refractivity contribution < 1.29 is 19.6 Å². The predicted molar refractivity (Wildman–Crippen MR) is 50.0 cm³/mol. The first-order valence-electron chi connectivity index (χ1n) is 4.27. The van der Waals surface area contributed by atoms with Crippen LogP contribution in [0.4, 0.5) is 0 Å². The highest BCUT2D eigenvalue weighted by Gasteiger charge is 2.52. The number of aliphatic hydroxyl groups is 1. The predicted octanol–water partition coefficient (Wildman–Crippen LogP) is -0.476. The molecule has 0 aromatic heterocycles. The van der Waals surface area contributed by atoms with Crippen molar-refractivity contribution in [2.45, 2.75) is 18.7 Å². The van der Waals surface area contributed by atoms with Crippen molar-refractivity contribution in [1.82, 2.24) is 0 Å². The number of nitro groups is 1. The molecule has 7 heteroatoms. The van der Waals surface area contributed by atoms with E-state index in [0.717, 1.165) is 6.08 Å². The van der Waals surface area contributed by atoms with Gasteiger partial charge in [-0.3, -0.25) is 15.1 Å². The number of ether oxygens (including phenoxy) is 1. The summed E-state index contributed by atoms with van der Waals surface area (Å²) in [4.78, 5) is 24.5. The minimum absolute atomic E-state index is 0.0718. The summed E-state index contributed by atoms with van der Waals surface area (Å²) in [5, 5.41) is 20.2. The largest absolute Gasteiger partial charge is 0.464 e. The highest BCUT2D eigenvalue weighted by molar-refractivity contribution is 5.83. The van der Waals surface area contributed by atoms with Crippen LogP contribution < -0.4 is 0 Å². The van der Waals surface area contributed by atoms with E-state index in [1.807, 2.05) is 0 Å². The second-order valence-electron chi connectivity index (χ2n) is 2.85. The Labute approximate surface area is 85.2 Å². The third-order valence-corrected chi connectivity index (χ3v) is 1.87. The van der Waals surface area contributed by atoms with E-state index in [4.69, 9.17) is 0 Å². The minimum atomic E-state index is -2.51. The van der Waals surface area contributed by atoms with Gasteiger partial charge in [-0.25, -0.2) is 4.79 Å². The summed E-state index contributed by atoms with van der Waals surface area (Å²) in [6, 6.07) is -1.54. The number of esters is 1. The molecule has 0 spiro atoms. The van der Waals surface area contributed by atoms with Gasteiger partial charge in [-0.05, 0) is 13.0 Å². The zero-order valence-corrected chi connectivity index (χ0v) is 7.99. The van der Waals surface area contributed by atoms with Gasteiger partial charge in [0.25, 0.3) is 0 Å². The van der Waals surface area contributed by atoms with Crippen LogP contribution in [0.5, 0.6) is 0 Å². The van der Waals surface area contributed by atoms with Crippen molar-refractivity contribution >= 4 is 12.2 Å². The third kappa shape index (κ3) is 2.01. The van der Waals surface area contributed by atoms with Crippen LogP contribution >= 0.6 is 0 Å². The van der Waals surface area contributed by atoms with Gasteiger partial charge in [0.1, 0.15) is 0 Å². The second kappa shape index (κ2) is 4.18. The molecular formula is C8H10N2O5. The molecule has 1 N–H and O–H groups in total. The number of hydrogen-bond acceptors (Lipinski definition) is 6. The molecule has 15 heavy (non-hydrogen) atoms. The number of carbonyl (C=O) groups is 1. The Morgan fingerprint density at radius 1 is 1.80 bits per heavy atom. The Morgan fingerprint density at radius 3 is 3.00 bits per heavy atom. The molecule has 1 rings (SSSR count). The molecule has 2 unspecified atom stereocenters. The number of nitrogens with zero attached hydrogens (tertiary/aromatic N) is 2. The first kappa shape index (κ1) is 11.3. The summed E-state index contributed by atoms with van der Waals surface area (Å²) in [5.74, 6) is -0.919. The third-order valence-electron chi connectivity index (χ3n) is 1.87. The molecule has 1 aliphatic rings. The van der Waals surface area contributed by atoms with Crippen LogP contribution in [0.15, 0.2) is 17.1 Å². The Morgan fingerprint density at radius 2 is 2.47 bits per heavy atom. The summed E-state index contributed by atoms with van der Waals surface area (Å²) < 4.78 is 4.58. The zero-order chi connectivity index (χ0) is 11.5. The highest BCUT2D eigenvalue weighted by Crippen LogP contribution is 2.20. The SMILES string of the molecule is CCOC(=O)C1N=CC=CC1(O)[N+](=O)[O-]. The van der Waals surface area contributed by atoms with Crippen molar-refractivity contribution in [3.63, 3.8) is 0 Å². The number of carbonyl (C=O) groups excluding carboxylic acids is 1. The van der Waals surface area contributed by atoms with Gasteiger partial charge in [0.2, 0.25) is 6.04 Å². The van der Waals surface area contributed by atoms with E-state index >= 15 is 0 Å². The molecule has 0 saturated carbocycles. The summed E-state index contributed by atoms with van der Waals surface area (Å²) in [7, 11) is 0. The number of dihydropyridines is 1. The van der Waals surface area contributed by atoms with Gasteiger partial charge in [-0.1, -0.05) is 0 Å². The maximum absolute atomic E-state index is 11.3. The van der Waals surface area contributed by atoms with E-state index in [1.54, 1.807) is 6.92 Å². The standard InChI is InChI=1S/C8H10N2O5/c1-2-15-7(11)6-8(12,10(13)14)4-3-5-9-6/h3-6,12H,2H2,1H3. The van der Waals surface area contributed by atoms with Gasteiger partial charge in [0, 0.05) is 12.3 Å². The summed E-state index contributed by atoms with van der Waals surface area (Å²) >= 11 is 0. The van der Waals surface area contributed by atoms with Crippen LogP contribution in [-0.2, 0) is 9.53 Å². The molecule has 0 radical (unpaired) electrons. The number of allylic oxidation sites excluding steroid dienone is 1. The van der Waals surface area contributed by atoms with Gasteiger partial charge in [0.05, 0.1) is 11.5 Å². The average Bonchev–Trinajstić information content (AvgIpc) is 2.18. The molecule has 0 fully saturated rings. The van der Waals surface area contributed by atoms with Gasteiger partial charge in [-0.15, -0.1) is 0 Å². The Balaban J connectivity index is 2.95. The Kier molecular flexibility index (Phi) is 3.15. The smallest absolute Gasteiger partial charge is 0.375 e. The molecule has 0 saturated heterocycles. The van der Waals surface area contributed by atoms with Crippen LogP contribution in [0, 0.1) is 10.1 Å². The van der Waals surface area contributed by atoms with Gasteiger partial charge < -0.3 is 9.84 Å². The lowest BCUT2D eigenvalue weighted by molar-refractivity contribution is -0.609. The van der Waals surface area contributed by atoms with E-state index < -0.39 is 22.7 Å². The Bertz CT molecular complexity index is 338. The lowest BCUT2D eigenvalue weighted by Gasteiger charge is -2.22. The van der Waals surface area contributed by atoms with Gasteiger partial charge in [0.15, 0.2) is 0 Å². The molecule has 1 aliphatic heterocycles. The molecule has 2 atom stereocenters. The van der Waals surface area contributed by atoms with E-state index in [9.17, 15) is 20.0 Å². The lowest BCUT2D eigenvalue weighted by Crippen LogP contribution is -2.52. The molecule has 0 aromatic carbocycles. The topological polar surface area (TPSA) is 102 Å².